The van der Waals surface area contributed by atoms with E-state index in [-0.39, 0.29) is 17.2 Å². The molecule has 1 unspecified atom stereocenters. The molecule has 3 heteroatoms. The summed E-state index contributed by atoms with van der Waals surface area (Å²) in [5.41, 5.74) is 0.823. The lowest BCUT2D eigenvalue weighted by Gasteiger charge is -2.25. The predicted octanol–water partition coefficient (Wildman–Crippen LogP) is 2.83. The first-order valence-electron chi connectivity index (χ1n) is 6.79. The number of nitrogens with one attached hydrogen (secondary N) is 1. The SMILES string of the molecule is CCNC(Cc1ccc(OC)cc1)C(=O)C(C)(C)C. The van der Waals surface area contributed by atoms with Crippen molar-refractivity contribution in [2.45, 2.75) is 40.2 Å². The molecule has 1 N–H and O–H groups in total. The van der Waals surface area contributed by atoms with Gasteiger partial charge in [0.25, 0.3) is 0 Å². The molecule has 0 fully saturated rings. The highest BCUT2D eigenvalue weighted by Gasteiger charge is 2.28. The van der Waals surface area contributed by atoms with Crippen molar-refractivity contribution in [1.82, 2.24) is 5.32 Å². The zero-order chi connectivity index (χ0) is 14.5. The number of ether oxygens (including phenoxy) is 1. The molecule has 0 aliphatic carbocycles. The number of hydrogen-bond acceptors (Lipinski definition) is 3. The van der Waals surface area contributed by atoms with E-state index < -0.39 is 0 Å². The van der Waals surface area contributed by atoms with E-state index in [0.717, 1.165) is 17.9 Å². The van der Waals surface area contributed by atoms with E-state index in [9.17, 15) is 4.79 Å². The van der Waals surface area contributed by atoms with Crippen molar-refractivity contribution in [3.05, 3.63) is 29.8 Å². The molecule has 19 heavy (non-hydrogen) atoms. The minimum absolute atomic E-state index is 0.126. The van der Waals surface area contributed by atoms with Gasteiger partial charge in [0.15, 0.2) is 5.78 Å². The highest BCUT2D eigenvalue weighted by Crippen LogP contribution is 2.20. The fraction of sp³-hybridized carbons (Fsp3) is 0.562. The molecule has 0 radical (unpaired) electrons. The van der Waals surface area contributed by atoms with E-state index in [4.69, 9.17) is 4.74 Å². The molecule has 0 aromatic heterocycles. The fourth-order valence-electron chi connectivity index (χ4n) is 2.02. The molecule has 0 amide bonds. The van der Waals surface area contributed by atoms with Crippen LogP contribution in [0.4, 0.5) is 0 Å². The topological polar surface area (TPSA) is 38.3 Å². The van der Waals surface area contributed by atoms with Crippen LogP contribution in [-0.4, -0.2) is 25.5 Å². The molecular weight excluding hydrogens is 238 g/mol. The van der Waals surface area contributed by atoms with Crippen molar-refractivity contribution in [3.63, 3.8) is 0 Å². The van der Waals surface area contributed by atoms with Crippen molar-refractivity contribution in [2.75, 3.05) is 13.7 Å². The molecule has 3 nitrogen and oxygen atoms in total. The first-order valence-corrected chi connectivity index (χ1v) is 6.79. The number of benzene rings is 1. The second-order valence-electron chi connectivity index (χ2n) is 5.78. The van der Waals surface area contributed by atoms with Gasteiger partial charge in [-0.25, -0.2) is 0 Å². The smallest absolute Gasteiger partial charge is 0.155 e. The molecule has 1 aromatic carbocycles. The summed E-state index contributed by atoms with van der Waals surface area (Å²) in [6, 6.07) is 7.76. The quantitative estimate of drug-likeness (QED) is 0.857. The Morgan fingerprint density at radius 2 is 1.84 bits per heavy atom. The molecule has 0 aliphatic rings. The maximum absolute atomic E-state index is 12.4. The van der Waals surface area contributed by atoms with Gasteiger partial charge in [0.2, 0.25) is 0 Å². The standard InChI is InChI=1S/C16H25NO2/c1-6-17-14(15(18)16(2,3)4)11-12-7-9-13(19-5)10-8-12/h7-10,14,17H,6,11H2,1-5H3. The Kier molecular flexibility index (Phi) is 5.55. The van der Waals surface area contributed by atoms with Gasteiger partial charge < -0.3 is 10.1 Å². The number of likely N-dealkylation sites (N-methyl/N-ethyl adjacent to an activating group) is 1. The van der Waals surface area contributed by atoms with Crippen LogP contribution >= 0.6 is 0 Å². The Morgan fingerprint density at radius 1 is 1.26 bits per heavy atom. The lowest BCUT2D eigenvalue weighted by Crippen LogP contribution is -2.44. The summed E-state index contributed by atoms with van der Waals surface area (Å²) in [7, 11) is 1.65. The van der Waals surface area contributed by atoms with Crippen molar-refractivity contribution >= 4 is 5.78 Å². The molecule has 0 heterocycles. The molecule has 1 rings (SSSR count). The van der Waals surface area contributed by atoms with Crippen molar-refractivity contribution < 1.29 is 9.53 Å². The number of methoxy groups -OCH3 is 1. The Labute approximate surface area is 116 Å². The lowest BCUT2D eigenvalue weighted by molar-refractivity contribution is -0.128. The van der Waals surface area contributed by atoms with Gasteiger partial charge in [-0.3, -0.25) is 4.79 Å². The summed E-state index contributed by atoms with van der Waals surface area (Å²) in [4.78, 5) is 12.4. The van der Waals surface area contributed by atoms with Gasteiger partial charge in [0.1, 0.15) is 5.75 Å². The van der Waals surface area contributed by atoms with Crippen LogP contribution in [-0.2, 0) is 11.2 Å². The lowest BCUT2D eigenvalue weighted by atomic mass is 9.84. The minimum atomic E-state index is -0.320. The highest BCUT2D eigenvalue weighted by atomic mass is 16.5. The van der Waals surface area contributed by atoms with E-state index >= 15 is 0 Å². The maximum atomic E-state index is 12.4. The minimum Gasteiger partial charge on any atom is -0.497 e. The van der Waals surface area contributed by atoms with Crippen LogP contribution in [0.1, 0.15) is 33.3 Å². The monoisotopic (exact) mass is 263 g/mol. The third kappa shape index (κ3) is 4.67. The van der Waals surface area contributed by atoms with Crippen molar-refractivity contribution in [3.8, 4) is 5.75 Å². The largest absolute Gasteiger partial charge is 0.497 e. The molecule has 0 saturated heterocycles. The number of hydrogen-bond donors (Lipinski definition) is 1. The summed E-state index contributed by atoms with van der Waals surface area (Å²) in [6.07, 6.45) is 0.716. The van der Waals surface area contributed by atoms with Crippen LogP contribution in [0.15, 0.2) is 24.3 Å². The fourth-order valence-corrected chi connectivity index (χ4v) is 2.02. The first kappa shape index (κ1) is 15.7. The summed E-state index contributed by atoms with van der Waals surface area (Å²) in [5, 5.41) is 3.29. The number of ketones is 1. The predicted molar refractivity (Wildman–Crippen MR) is 78.6 cm³/mol. The van der Waals surface area contributed by atoms with E-state index in [1.807, 2.05) is 52.0 Å². The average molecular weight is 263 g/mol. The third-order valence-electron chi connectivity index (χ3n) is 3.11. The summed E-state index contributed by atoms with van der Waals surface area (Å²) in [5.74, 6) is 1.09. The van der Waals surface area contributed by atoms with Crippen LogP contribution in [0.5, 0.6) is 5.75 Å². The van der Waals surface area contributed by atoms with Crippen LogP contribution < -0.4 is 10.1 Å². The normalized spacial score (nSPS) is 13.1. The second-order valence-corrected chi connectivity index (χ2v) is 5.78. The van der Waals surface area contributed by atoms with Gasteiger partial charge >= 0.3 is 0 Å². The molecule has 0 bridgehead atoms. The third-order valence-corrected chi connectivity index (χ3v) is 3.11. The maximum Gasteiger partial charge on any atom is 0.155 e. The van der Waals surface area contributed by atoms with Crippen LogP contribution in [0, 0.1) is 5.41 Å². The summed E-state index contributed by atoms with van der Waals surface area (Å²) in [6.45, 7) is 8.72. The van der Waals surface area contributed by atoms with Gasteiger partial charge in [-0.15, -0.1) is 0 Å². The number of carbonyl (C=O) groups excluding carboxylic acids is 1. The zero-order valence-corrected chi connectivity index (χ0v) is 12.6. The van der Waals surface area contributed by atoms with E-state index in [2.05, 4.69) is 5.32 Å². The van der Waals surface area contributed by atoms with E-state index in [1.54, 1.807) is 7.11 Å². The average Bonchev–Trinajstić information content (AvgIpc) is 2.37. The van der Waals surface area contributed by atoms with Gasteiger partial charge in [0.05, 0.1) is 13.2 Å². The van der Waals surface area contributed by atoms with E-state index in [0.29, 0.717) is 6.42 Å². The Hall–Kier alpha value is -1.35. The first-order chi connectivity index (χ1) is 8.88. The molecule has 0 saturated carbocycles. The van der Waals surface area contributed by atoms with Crippen LogP contribution in [0.2, 0.25) is 0 Å². The zero-order valence-electron chi connectivity index (χ0n) is 12.6. The van der Waals surface area contributed by atoms with Gasteiger partial charge in [0, 0.05) is 5.41 Å². The molecule has 1 atom stereocenters. The number of Topliss-reactive ketones (excluding diaryl/α,β-unsaturated/α-hetero) is 1. The van der Waals surface area contributed by atoms with Gasteiger partial charge in [-0.05, 0) is 30.7 Å². The Bertz CT molecular complexity index is 404. The Balaban J connectivity index is 2.80. The molecular formula is C16H25NO2. The van der Waals surface area contributed by atoms with Crippen LogP contribution in [0.25, 0.3) is 0 Å². The number of rotatable bonds is 6. The molecule has 0 spiro atoms. The molecule has 106 valence electrons. The molecule has 1 aromatic rings. The van der Waals surface area contributed by atoms with Crippen molar-refractivity contribution in [1.29, 1.82) is 0 Å². The van der Waals surface area contributed by atoms with Gasteiger partial charge in [-0.1, -0.05) is 39.8 Å². The Morgan fingerprint density at radius 3 is 2.26 bits per heavy atom. The number of carbonyl (C=O) groups is 1. The van der Waals surface area contributed by atoms with Crippen molar-refractivity contribution in [2.24, 2.45) is 5.41 Å². The highest BCUT2D eigenvalue weighted by molar-refractivity contribution is 5.89. The second kappa shape index (κ2) is 6.71. The summed E-state index contributed by atoms with van der Waals surface area (Å²) >= 11 is 0. The summed E-state index contributed by atoms with van der Waals surface area (Å²) < 4.78 is 5.14. The molecule has 0 aliphatic heterocycles. The van der Waals surface area contributed by atoms with E-state index in [1.165, 1.54) is 0 Å². The van der Waals surface area contributed by atoms with Gasteiger partial charge in [-0.2, -0.15) is 0 Å². The van der Waals surface area contributed by atoms with Crippen LogP contribution in [0.3, 0.4) is 0 Å².